The van der Waals surface area contributed by atoms with Crippen molar-refractivity contribution < 1.29 is 0 Å². The van der Waals surface area contributed by atoms with Crippen LogP contribution < -0.4 is 5.32 Å². The van der Waals surface area contributed by atoms with Gasteiger partial charge in [-0.2, -0.15) is 0 Å². The molecule has 100 valence electrons. The number of hydrogen-bond acceptors (Lipinski definition) is 1. The standard InChI is InChI=1S/C13H15Cl4N/c14-10-7-11(15)13(17)12(16)9(10)3-1-2-6-18-8-4-5-8/h7-8,18H,1-6H2. The Morgan fingerprint density at radius 2 is 1.72 bits per heavy atom. The summed E-state index contributed by atoms with van der Waals surface area (Å²) < 4.78 is 0. The summed E-state index contributed by atoms with van der Waals surface area (Å²) >= 11 is 24.2. The lowest BCUT2D eigenvalue weighted by Crippen LogP contribution is -2.17. The normalized spacial score (nSPS) is 15.1. The Hall–Kier alpha value is 0.340. The van der Waals surface area contributed by atoms with E-state index in [2.05, 4.69) is 5.32 Å². The van der Waals surface area contributed by atoms with Gasteiger partial charge in [-0.25, -0.2) is 0 Å². The highest BCUT2D eigenvalue weighted by Crippen LogP contribution is 2.38. The average molecular weight is 327 g/mol. The van der Waals surface area contributed by atoms with Crippen LogP contribution in [0, 0.1) is 0 Å². The summed E-state index contributed by atoms with van der Waals surface area (Å²) in [5.74, 6) is 0. The van der Waals surface area contributed by atoms with Crippen LogP contribution in [0.25, 0.3) is 0 Å². The van der Waals surface area contributed by atoms with Gasteiger partial charge in [-0.1, -0.05) is 46.4 Å². The fourth-order valence-corrected chi connectivity index (χ4v) is 2.97. The maximum atomic E-state index is 6.16. The number of benzene rings is 1. The fourth-order valence-electron chi connectivity index (χ4n) is 1.85. The number of rotatable bonds is 6. The highest BCUT2D eigenvalue weighted by molar-refractivity contribution is 6.49. The summed E-state index contributed by atoms with van der Waals surface area (Å²) in [6, 6.07) is 2.43. The zero-order valence-electron chi connectivity index (χ0n) is 9.91. The third-order valence-corrected chi connectivity index (χ3v) is 4.71. The Labute approximate surface area is 128 Å². The lowest BCUT2D eigenvalue weighted by molar-refractivity contribution is 0.620. The molecular weight excluding hydrogens is 312 g/mol. The first-order valence-electron chi connectivity index (χ1n) is 6.15. The molecule has 1 aliphatic rings. The first-order chi connectivity index (χ1) is 8.59. The van der Waals surface area contributed by atoms with Crippen molar-refractivity contribution in [1.29, 1.82) is 0 Å². The molecule has 1 nitrogen and oxygen atoms in total. The van der Waals surface area contributed by atoms with Crippen molar-refractivity contribution in [3.63, 3.8) is 0 Å². The van der Waals surface area contributed by atoms with Crippen molar-refractivity contribution >= 4 is 46.4 Å². The molecule has 1 aromatic carbocycles. The van der Waals surface area contributed by atoms with Gasteiger partial charge in [0.2, 0.25) is 0 Å². The van der Waals surface area contributed by atoms with Crippen molar-refractivity contribution in [2.45, 2.75) is 38.1 Å². The topological polar surface area (TPSA) is 12.0 Å². The van der Waals surface area contributed by atoms with Gasteiger partial charge in [0.1, 0.15) is 0 Å². The van der Waals surface area contributed by atoms with Gasteiger partial charge >= 0.3 is 0 Å². The summed E-state index contributed by atoms with van der Waals surface area (Å²) in [7, 11) is 0. The van der Waals surface area contributed by atoms with Crippen LogP contribution in [-0.2, 0) is 6.42 Å². The maximum absolute atomic E-state index is 6.16. The molecule has 1 saturated carbocycles. The van der Waals surface area contributed by atoms with Gasteiger partial charge < -0.3 is 5.32 Å². The molecule has 0 spiro atoms. The Morgan fingerprint density at radius 3 is 2.39 bits per heavy atom. The zero-order chi connectivity index (χ0) is 13.1. The molecule has 1 aromatic rings. The number of hydrogen-bond donors (Lipinski definition) is 1. The second-order valence-electron chi connectivity index (χ2n) is 4.63. The summed E-state index contributed by atoms with van der Waals surface area (Å²) in [6.07, 6.45) is 5.64. The van der Waals surface area contributed by atoms with Crippen LogP contribution >= 0.6 is 46.4 Å². The van der Waals surface area contributed by atoms with E-state index in [4.69, 9.17) is 46.4 Å². The van der Waals surface area contributed by atoms with E-state index in [9.17, 15) is 0 Å². The molecule has 0 atom stereocenters. The van der Waals surface area contributed by atoms with E-state index in [-0.39, 0.29) is 0 Å². The molecule has 0 radical (unpaired) electrons. The van der Waals surface area contributed by atoms with Crippen LogP contribution in [0.1, 0.15) is 31.2 Å². The van der Waals surface area contributed by atoms with Crippen LogP contribution in [0.2, 0.25) is 20.1 Å². The van der Waals surface area contributed by atoms with E-state index in [1.807, 2.05) is 0 Å². The maximum Gasteiger partial charge on any atom is 0.0782 e. The highest BCUT2D eigenvalue weighted by atomic mass is 35.5. The van der Waals surface area contributed by atoms with Gasteiger partial charge in [0.05, 0.1) is 15.1 Å². The molecule has 1 aliphatic carbocycles. The van der Waals surface area contributed by atoms with Crippen LogP contribution in [0.4, 0.5) is 0 Å². The molecular formula is C13H15Cl4N. The second-order valence-corrected chi connectivity index (χ2v) is 6.20. The van der Waals surface area contributed by atoms with Crippen molar-refractivity contribution in [2.24, 2.45) is 0 Å². The molecule has 1 N–H and O–H groups in total. The van der Waals surface area contributed by atoms with Crippen molar-refractivity contribution in [3.05, 3.63) is 31.7 Å². The van der Waals surface area contributed by atoms with Gasteiger partial charge in [0.25, 0.3) is 0 Å². The van der Waals surface area contributed by atoms with Gasteiger partial charge in [0, 0.05) is 11.1 Å². The second kappa shape index (κ2) is 6.67. The molecule has 2 rings (SSSR count). The zero-order valence-corrected chi connectivity index (χ0v) is 12.9. The number of unbranched alkanes of at least 4 members (excludes halogenated alkanes) is 1. The van der Waals surface area contributed by atoms with E-state index in [0.29, 0.717) is 20.1 Å². The van der Waals surface area contributed by atoms with E-state index in [0.717, 1.165) is 37.4 Å². The quantitative estimate of drug-likeness (QED) is 0.420. The smallest absolute Gasteiger partial charge is 0.0782 e. The fraction of sp³-hybridized carbons (Fsp3) is 0.538. The predicted octanol–water partition coefficient (Wildman–Crippen LogP) is 5.37. The minimum atomic E-state index is 0.397. The van der Waals surface area contributed by atoms with Crippen LogP contribution in [0.5, 0.6) is 0 Å². The minimum absolute atomic E-state index is 0.397. The van der Waals surface area contributed by atoms with E-state index >= 15 is 0 Å². The van der Waals surface area contributed by atoms with Gasteiger partial charge in [-0.3, -0.25) is 0 Å². The van der Waals surface area contributed by atoms with Crippen molar-refractivity contribution in [2.75, 3.05) is 6.54 Å². The number of halogens is 4. The molecule has 1 fully saturated rings. The largest absolute Gasteiger partial charge is 0.314 e. The van der Waals surface area contributed by atoms with Crippen LogP contribution in [0.3, 0.4) is 0 Å². The summed E-state index contributed by atoms with van der Waals surface area (Å²) in [5, 5.41) is 5.38. The first-order valence-corrected chi connectivity index (χ1v) is 7.66. The molecule has 0 aromatic heterocycles. The van der Waals surface area contributed by atoms with E-state index < -0.39 is 0 Å². The SMILES string of the molecule is Clc1cc(Cl)c(CCCCNC2CC2)c(Cl)c1Cl. The van der Waals surface area contributed by atoms with Gasteiger partial charge in [-0.05, 0) is 50.3 Å². The van der Waals surface area contributed by atoms with Crippen LogP contribution in [-0.4, -0.2) is 12.6 Å². The molecule has 0 saturated heterocycles. The van der Waals surface area contributed by atoms with Crippen LogP contribution in [0.15, 0.2) is 6.07 Å². The summed E-state index contributed by atoms with van der Waals surface area (Å²) in [6.45, 7) is 1.06. The average Bonchev–Trinajstić information content (AvgIpc) is 3.14. The molecule has 18 heavy (non-hydrogen) atoms. The molecule has 0 aliphatic heterocycles. The number of nitrogens with one attached hydrogen (secondary N) is 1. The van der Waals surface area contributed by atoms with E-state index in [1.165, 1.54) is 12.8 Å². The van der Waals surface area contributed by atoms with E-state index in [1.54, 1.807) is 6.07 Å². The molecule has 0 amide bonds. The minimum Gasteiger partial charge on any atom is -0.314 e. The van der Waals surface area contributed by atoms with Gasteiger partial charge in [0.15, 0.2) is 0 Å². The Balaban J connectivity index is 1.85. The monoisotopic (exact) mass is 325 g/mol. The Kier molecular flexibility index (Phi) is 5.47. The lowest BCUT2D eigenvalue weighted by atomic mass is 10.1. The third kappa shape index (κ3) is 3.91. The molecule has 0 heterocycles. The molecule has 5 heteroatoms. The Morgan fingerprint density at radius 1 is 1.00 bits per heavy atom. The predicted molar refractivity (Wildman–Crippen MR) is 80.4 cm³/mol. The lowest BCUT2D eigenvalue weighted by Gasteiger charge is -2.10. The first kappa shape index (κ1) is 14.7. The van der Waals surface area contributed by atoms with Crippen molar-refractivity contribution in [3.8, 4) is 0 Å². The summed E-state index contributed by atoms with van der Waals surface area (Å²) in [4.78, 5) is 0. The highest BCUT2D eigenvalue weighted by Gasteiger charge is 2.19. The molecule has 0 bridgehead atoms. The summed E-state index contributed by atoms with van der Waals surface area (Å²) in [5.41, 5.74) is 0.902. The Bertz CT molecular complexity index is 429. The van der Waals surface area contributed by atoms with Gasteiger partial charge in [-0.15, -0.1) is 0 Å². The van der Waals surface area contributed by atoms with Crippen molar-refractivity contribution in [1.82, 2.24) is 5.32 Å². The third-order valence-electron chi connectivity index (χ3n) is 3.07. The molecule has 0 unspecified atom stereocenters.